The molecule has 112 valence electrons. The van der Waals surface area contributed by atoms with Gasteiger partial charge in [-0.2, -0.15) is 0 Å². The monoisotopic (exact) mass is 382 g/mol. The molecule has 6 nitrogen and oxygen atoms in total. The van der Waals surface area contributed by atoms with Crippen LogP contribution in [0.2, 0.25) is 0 Å². The van der Waals surface area contributed by atoms with Gasteiger partial charge in [0.2, 0.25) is 10.0 Å². The summed E-state index contributed by atoms with van der Waals surface area (Å²) in [5, 5.41) is 0. The fraction of sp³-hybridized carbons (Fsp3) is 0.545. The second-order valence-corrected chi connectivity index (χ2v) is 8.62. The quantitative estimate of drug-likeness (QED) is 0.767. The Morgan fingerprint density at radius 1 is 1.55 bits per heavy atom. The second-order valence-electron chi connectivity index (χ2n) is 4.56. The van der Waals surface area contributed by atoms with Crippen LogP contribution < -0.4 is 10.5 Å². The molecule has 2 rings (SSSR count). The van der Waals surface area contributed by atoms with Crippen LogP contribution >= 0.6 is 27.3 Å². The van der Waals surface area contributed by atoms with Crippen molar-refractivity contribution in [1.82, 2.24) is 4.72 Å². The number of rotatable bonds is 4. The van der Waals surface area contributed by atoms with E-state index in [9.17, 15) is 13.2 Å². The first-order valence-corrected chi connectivity index (χ1v) is 9.10. The molecule has 0 aliphatic heterocycles. The number of methoxy groups -OCH3 is 1. The molecule has 0 bridgehead atoms. The molecule has 2 unspecified atom stereocenters. The Morgan fingerprint density at radius 2 is 2.25 bits per heavy atom. The Balaban J connectivity index is 2.25. The van der Waals surface area contributed by atoms with Crippen molar-refractivity contribution in [2.24, 2.45) is 5.73 Å². The number of ether oxygens (including phenoxy) is 1. The number of carbonyl (C=O) groups is 1. The molecule has 0 amide bonds. The molecular weight excluding hydrogens is 368 g/mol. The lowest BCUT2D eigenvalue weighted by Crippen LogP contribution is -2.43. The van der Waals surface area contributed by atoms with E-state index in [0.717, 1.165) is 30.6 Å². The maximum absolute atomic E-state index is 12.3. The van der Waals surface area contributed by atoms with Crippen LogP contribution in [0.4, 0.5) is 0 Å². The van der Waals surface area contributed by atoms with Gasteiger partial charge in [0.15, 0.2) is 0 Å². The van der Waals surface area contributed by atoms with E-state index in [1.165, 1.54) is 13.2 Å². The highest BCUT2D eigenvalue weighted by Crippen LogP contribution is 2.32. The summed E-state index contributed by atoms with van der Waals surface area (Å²) in [6.45, 7) is 0. The lowest BCUT2D eigenvalue weighted by atomic mass is 10.2. The zero-order valence-electron chi connectivity index (χ0n) is 10.8. The van der Waals surface area contributed by atoms with Crippen molar-refractivity contribution in [1.29, 1.82) is 0 Å². The zero-order valence-corrected chi connectivity index (χ0v) is 14.0. The van der Waals surface area contributed by atoms with Gasteiger partial charge in [-0.1, -0.05) is 6.42 Å². The standard InChI is InChI=1S/C11H15BrN2O4S2/c1-18-11(15)8-5-9(10(12)19-8)20(16,17)14-7-4-2-3-6(7)13/h5-7,14H,2-4,13H2,1H3. The van der Waals surface area contributed by atoms with Crippen molar-refractivity contribution < 1.29 is 17.9 Å². The van der Waals surface area contributed by atoms with Gasteiger partial charge in [-0.25, -0.2) is 17.9 Å². The van der Waals surface area contributed by atoms with Crippen LogP contribution in [0, 0.1) is 0 Å². The Hall–Kier alpha value is -0.480. The largest absolute Gasteiger partial charge is 0.465 e. The summed E-state index contributed by atoms with van der Waals surface area (Å²) in [4.78, 5) is 11.7. The van der Waals surface area contributed by atoms with Crippen LogP contribution in [0.25, 0.3) is 0 Å². The maximum atomic E-state index is 12.3. The van der Waals surface area contributed by atoms with Crippen LogP contribution in [0.3, 0.4) is 0 Å². The number of hydrogen-bond donors (Lipinski definition) is 2. The van der Waals surface area contributed by atoms with Gasteiger partial charge in [0, 0.05) is 12.1 Å². The van der Waals surface area contributed by atoms with Crippen LogP contribution in [0.1, 0.15) is 28.9 Å². The molecule has 1 saturated carbocycles. The summed E-state index contributed by atoms with van der Waals surface area (Å²) >= 11 is 4.20. The van der Waals surface area contributed by atoms with Crippen molar-refractivity contribution in [2.45, 2.75) is 36.2 Å². The lowest BCUT2D eigenvalue weighted by molar-refractivity contribution is 0.0606. The van der Waals surface area contributed by atoms with Gasteiger partial charge in [0.05, 0.1) is 10.9 Å². The minimum Gasteiger partial charge on any atom is -0.465 e. The second kappa shape index (κ2) is 6.10. The number of sulfonamides is 1. The molecule has 0 aromatic carbocycles. The van der Waals surface area contributed by atoms with Gasteiger partial charge in [-0.05, 0) is 34.8 Å². The highest BCUT2D eigenvalue weighted by atomic mass is 79.9. The predicted molar refractivity (Wildman–Crippen MR) is 79.3 cm³/mol. The average molecular weight is 383 g/mol. The summed E-state index contributed by atoms with van der Waals surface area (Å²) in [5.74, 6) is -0.560. The Bertz CT molecular complexity index is 614. The first kappa shape index (κ1) is 15.9. The molecular formula is C11H15BrN2O4S2. The Kier molecular flexibility index (Phi) is 4.85. The minimum atomic E-state index is -3.70. The first-order chi connectivity index (χ1) is 9.35. The summed E-state index contributed by atoms with van der Waals surface area (Å²) in [6.07, 6.45) is 2.45. The molecule has 1 aromatic rings. The fourth-order valence-electron chi connectivity index (χ4n) is 2.13. The topological polar surface area (TPSA) is 98.5 Å². The van der Waals surface area contributed by atoms with Crippen LogP contribution in [-0.4, -0.2) is 33.6 Å². The number of hydrogen-bond acceptors (Lipinski definition) is 6. The van der Waals surface area contributed by atoms with Gasteiger partial charge in [0.1, 0.15) is 9.77 Å². The number of esters is 1. The molecule has 1 aliphatic rings. The number of thiophene rings is 1. The van der Waals surface area contributed by atoms with Crippen molar-refractivity contribution >= 4 is 43.3 Å². The van der Waals surface area contributed by atoms with E-state index in [-0.39, 0.29) is 21.9 Å². The number of nitrogens with one attached hydrogen (secondary N) is 1. The van der Waals surface area contributed by atoms with E-state index in [1.54, 1.807) is 0 Å². The molecule has 1 aromatic heterocycles. The van der Waals surface area contributed by atoms with Gasteiger partial charge in [-0.15, -0.1) is 11.3 Å². The molecule has 0 saturated heterocycles. The SMILES string of the molecule is COC(=O)c1cc(S(=O)(=O)NC2CCCC2N)c(Br)s1. The molecule has 1 heterocycles. The molecule has 1 fully saturated rings. The van der Waals surface area contributed by atoms with E-state index in [0.29, 0.717) is 3.79 Å². The van der Waals surface area contributed by atoms with Gasteiger partial charge in [-0.3, -0.25) is 0 Å². The normalized spacial score (nSPS) is 22.9. The molecule has 1 aliphatic carbocycles. The van der Waals surface area contributed by atoms with E-state index >= 15 is 0 Å². The molecule has 3 N–H and O–H groups in total. The van der Waals surface area contributed by atoms with Crippen molar-refractivity contribution in [3.63, 3.8) is 0 Å². The highest BCUT2D eigenvalue weighted by molar-refractivity contribution is 9.11. The van der Waals surface area contributed by atoms with Crippen LogP contribution in [0.15, 0.2) is 14.7 Å². The van der Waals surface area contributed by atoms with Gasteiger partial charge < -0.3 is 10.5 Å². The van der Waals surface area contributed by atoms with Crippen molar-refractivity contribution in [3.8, 4) is 0 Å². The van der Waals surface area contributed by atoms with Crippen molar-refractivity contribution in [3.05, 3.63) is 14.7 Å². The predicted octanol–water partition coefficient (Wildman–Crippen LogP) is 1.46. The summed E-state index contributed by atoms with van der Waals surface area (Å²) in [7, 11) is -2.45. The van der Waals surface area contributed by atoms with Gasteiger partial charge in [0.25, 0.3) is 0 Å². The molecule has 2 atom stereocenters. The number of nitrogens with two attached hydrogens (primary N) is 1. The summed E-state index contributed by atoms with van der Waals surface area (Å²) in [6, 6.07) is 0.888. The van der Waals surface area contributed by atoms with E-state index in [4.69, 9.17) is 5.73 Å². The lowest BCUT2D eigenvalue weighted by Gasteiger charge is -2.16. The van der Waals surface area contributed by atoms with E-state index in [1.807, 2.05) is 0 Å². The smallest absolute Gasteiger partial charge is 0.348 e. The summed E-state index contributed by atoms with van der Waals surface area (Å²) < 4.78 is 32.2. The Morgan fingerprint density at radius 3 is 2.80 bits per heavy atom. The fourth-order valence-corrected chi connectivity index (χ4v) is 5.94. The molecule has 0 radical (unpaired) electrons. The van der Waals surface area contributed by atoms with Crippen LogP contribution in [-0.2, 0) is 14.8 Å². The average Bonchev–Trinajstić information content (AvgIpc) is 2.95. The maximum Gasteiger partial charge on any atom is 0.348 e. The third-order valence-corrected chi connectivity index (χ3v) is 6.93. The van der Waals surface area contributed by atoms with Gasteiger partial charge >= 0.3 is 5.97 Å². The van der Waals surface area contributed by atoms with E-state index < -0.39 is 16.0 Å². The third-order valence-electron chi connectivity index (χ3n) is 3.21. The zero-order chi connectivity index (χ0) is 14.9. The Labute approximate surface area is 129 Å². The molecule has 9 heteroatoms. The number of halogens is 1. The third kappa shape index (κ3) is 3.22. The van der Waals surface area contributed by atoms with E-state index in [2.05, 4.69) is 25.4 Å². The minimum absolute atomic E-state index is 0.0435. The highest BCUT2D eigenvalue weighted by Gasteiger charge is 2.31. The molecule has 20 heavy (non-hydrogen) atoms. The summed E-state index contributed by atoms with van der Waals surface area (Å²) in [5.41, 5.74) is 5.87. The molecule has 0 spiro atoms. The first-order valence-electron chi connectivity index (χ1n) is 6.00. The van der Waals surface area contributed by atoms with Crippen molar-refractivity contribution in [2.75, 3.05) is 7.11 Å². The van der Waals surface area contributed by atoms with Crippen LogP contribution in [0.5, 0.6) is 0 Å². The number of carbonyl (C=O) groups excluding carboxylic acids is 1.